The number of hydrogen-bond acceptors (Lipinski definition) is 5. The summed E-state index contributed by atoms with van der Waals surface area (Å²) in [6, 6.07) is 11.1. The molecule has 1 amide bonds. The van der Waals surface area contributed by atoms with Gasteiger partial charge in [-0.15, -0.1) is 10.2 Å². The summed E-state index contributed by atoms with van der Waals surface area (Å²) in [6.45, 7) is 0.838. The Balaban J connectivity index is 1.50. The van der Waals surface area contributed by atoms with E-state index >= 15 is 0 Å². The molecule has 0 atom stereocenters. The number of anilines is 3. The quantitative estimate of drug-likeness (QED) is 0.723. The third kappa shape index (κ3) is 5.54. The Bertz CT molecular complexity index is 781. The van der Waals surface area contributed by atoms with Gasteiger partial charge in [0.1, 0.15) is 5.82 Å². The highest BCUT2D eigenvalue weighted by atomic mass is 16.1. The van der Waals surface area contributed by atoms with E-state index in [2.05, 4.69) is 26.9 Å². The predicted molar refractivity (Wildman–Crippen MR) is 110 cm³/mol. The number of amides is 1. The maximum absolute atomic E-state index is 12.3. The second kappa shape index (κ2) is 9.16. The number of nitrogens with one attached hydrogen (secondary N) is 2. The molecule has 0 bridgehead atoms. The maximum Gasteiger partial charge on any atom is 0.276 e. The second-order valence-corrected chi connectivity index (χ2v) is 6.98. The Kier molecular flexibility index (Phi) is 6.41. The normalized spacial score (nSPS) is 13.6. The number of hydrogen-bond donors (Lipinski definition) is 2. The van der Waals surface area contributed by atoms with Gasteiger partial charge in [0.15, 0.2) is 5.69 Å². The molecular weight excluding hydrogens is 338 g/mol. The fourth-order valence-electron chi connectivity index (χ4n) is 3.07. The third-order valence-electron chi connectivity index (χ3n) is 4.68. The van der Waals surface area contributed by atoms with Crippen molar-refractivity contribution in [1.29, 1.82) is 0 Å². The Morgan fingerprint density at radius 1 is 1.07 bits per heavy atom. The first-order valence-corrected chi connectivity index (χ1v) is 9.46. The molecule has 0 fully saturated rings. The first kappa shape index (κ1) is 18.9. The first-order chi connectivity index (χ1) is 13.1. The van der Waals surface area contributed by atoms with Gasteiger partial charge in [-0.1, -0.05) is 11.6 Å². The number of allylic oxidation sites excluding steroid dienone is 1. The lowest BCUT2D eigenvalue weighted by atomic mass is 9.97. The van der Waals surface area contributed by atoms with Crippen molar-refractivity contribution in [2.75, 3.05) is 36.2 Å². The number of carbonyl (C=O) groups is 1. The lowest BCUT2D eigenvalue weighted by Crippen LogP contribution is -2.15. The smallest absolute Gasteiger partial charge is 0.276 e. The van der Waals surface area contributed by atoms with Crippen LogP contribution in [0.15, 0.2) is 48.0 Å². The Morgan fingerprint density at radius 2 is 1.89 bits per heavy atom. The van der Waals surface area contributed by atoms with Crippen molar-refractivity contribution in [1.82, 2.24) is 10.2 Å². The average Bonchev–Trinajstić information content (AvgIpc) is 2.70. The molecule has 1 aromatic heterocycles. The summed E-state index contributed by atoms with van der Waals surface area (Å²) in [5.74, 6) is 0.428. The second-order valence-electron chi connectivity index (χ2n) is 6.98. The van der Waals surface area contributed by atoms with Crippen LogP contribution < -0.4 is 15.5 Å². The fourth-order valence-corrected chi connectivity index (χ4v) is 3.07. The Morgan fingerprint density at radius 3 is 2.52 bits per heavy atom. The molecule has 6 nitrogen and oxygen atoms in total. The molecule has 1 heterocycles. The minimum atomic E-state index is -0.265. The Labute approximate surface area is 160 Å². The molecule has 0 spiro atoms. The van der Waals surface area contributed by atoms with Crippen LogP contribution in [-0.4, -0.2) is 36.7 Å². The summed E-state index contributed by atoms with van der Waals surface area (Å²) >= 11 is 0. The zero-order chi connectivity index (χ0) is 19.1. The molecule has 1 aliphatic carbocycles. The van der Waals surface area contributed by atoms with Gasteiger partial charge < -0.3 is 15.5 Å². The molecule has 1 aromatic carbocycles. The zero-order valence-electron chi connectivity index (χ0n) is 16.0. The molecule has 0 saturated heterocycles. The highest BCUT2D eigenvalue weighted by Gasteiger charge is 2.09. The number of carbonyl (C=O) groups excluding carboxylic acids is 1. The predicted octanol–water partition coefficient (Wildman–Crippen LogP) is 4.10. The van der Waals surface area contributed by atoms with E-state index in [-0.39, 0.29) is 5.91 Å². The van der Waals surface area contributed by atoms with Crippen LogP contribution in [-0.2, 0) is 0 Å². The van der Waals surface area contributed by atoms with E-state index in [1.807, 2.05) is 43.3 Å². The van der Waals surface area contributed by atoms with Gasteiger partial charge in [-0.3, -0.25) is 4.79 Å². The van der Waals surface area contributed by atoms with E-state index < -0.39 is 0 Å². The van der Waals surface area contributed by atoms with Crippen LogP contribution in [0.4, 0.5) is 17.2 Å². The van der Waals surface area contributed by atoms with E-state index in [0.29, 0.717) is 11.5 Å². The van der Waals surface area contributed by atoms with Gasteiger partial charge in [-0.05, 0) is 68.5 Å². The van der Waals surface area contributed by atoms with Crippen molar-refractivity contribution >= 4 is 23.1 Å². The van der Waals surface area contributed by atoms with Crippen LogP contribution in [0.25, 0.3) is 0 Å². The average molecular weight is 365 g/mol. The molecular formula is C21H27N5O. The summed E-state index contributed by atoms with van der Waals surface area (Å²) in [7, 11) is 3.95. The maximum atomic E-state index is 12.3. The van der Waals surface area contributed by atoms with Gasteiger partial charge in [0.25, 0.3) is 5.91 Å². The molecule has 6 heteroatoms. The number of rotatable bonds is 7. The van der Waals surface area contributed by atoms with Gasteiger partial charge in [-0.2, -0.15) is 0 Å². The summed E-state index contributed by atoms with van der Waals surface area (Å²) in [5, 5.41) is 14.3. The number of benzene rings is 1. The number of nitrogens with zero attached hydrogens (tertiary/aromatic N) is 3. The van der Waals surface area contributed by atoms with Crippen LogP contribution in [0.3, 0.4) is 0 Å². The largest absolute Gasteiger partial charge is 0.378 e. The molecule has 0 saturated carbocycles. The molecule has 2 N–H and O–H groups in total. The standard InChI is InChI=1S/C21H27N5O/c1-26(2)18-10-8-17(9-11-18)23-21(27)19-12-13-20(25-24-19)22-15-14-16-6-4-3-5-7-16/h6,8-13H,3-5,7,14-15H2,1-2H3,(H,22,25)(H,23,27). The lowest BCUT2D eigenvalue weighted by Gasteiger charge is -2.13. The van der Waals surface area contributed by atoms with Gasteiger partial charge in [-0.25, -0.2) is 0 Å². The van der Waals surface area contributed by atoms with Crippen LogP contribution in [0.1, 0.15) is 42.6 Å². The van der Waals surface area contributed by atoms with E-state index in [1.165, 1.54) is 31.3 Å². The van der Waals surface area contributed by atoms with Crippen molar-refractivity contribution in [2.24, 2.45) is 0 Å². The van der Waals surface area contributed by atoms with Crippen molar-refractivity contribution < 1.29 is 4.79 Å². The molecule has 0 unspecified atom stereocenters. The van der Waals surface area contributed by atoms with Crippen molar-refractivity contribution in [2.45, 2.75) is 32.1 Å². The van der Waals surface area contributed by atoms with Crippen LogP contribution >= 0.6 is 0 Å². The van der Waals surface area contributed by atoms with Crippen molar-refractivity contribution in [3.8, 4) is 0 Å². The lowest BCUT2D eigenvalue weighted by molar-refractivity contribution is 0.102. The first-order valence-electron chi connectivity index (χ1n) is 9.46. The van der Waals surface area contributed by atoms with Gasteiger partial charge in [0, 0.05) is 32.0 Å². The molecule has 0 aliphatic heterocycles. The van der Waals surface area contributed by atoms with Gasteiger partial charge >= 0.3 is 0 Å². The molecule has 0 radical (unpaired) electrons. The van der Waals surface area contributed by atoms with Crippen LogP contribution in [0.5, 0.6) is 0 Å². The fraction of sp³-hybridized carbons (Fsp3) is 0.381. The Hall–Kier alpha value is -2.89. The molecule has 142 valence electrons. The van der Waals surface area contributed by atoms with Crippen molar-refractivity contribution in [3.05, 3.63) is 53.7 Å². The minimum absolute atomic E-state index is 0.265. The highest BCUT2D eigenvalue weighted by molar-refractivity contribution is 6.02. The zero-order valence-corrected chi connectivity index (χ0v) is 16.0. The van der Waals surface area contributed by atoms with Gasteiger partial charge in [0.2, 0.25) is 0 Å². The van der Waals surface area contributed by atoms with Crippen LogP contribution in [0.2, 0.25) is 0 Å². The summed E-state index contributed by atoms with van der Waals surface area (Å²) in [5.41, 5.74) is 3.63. The summed E-state index contributed by atoms with van der Waals surface area (Å²) in [4.78, 5) is 14.3. The highest BCUT2D eigenvalue weighted by Crippen LogP contribution is 2.20. The SMILES string of the molecule is CN(C)c1ccc(NC(=O)c2ccc(NCCC3=CCCCC3)nn2)cc1. The molecule has 27 heavy (non-hydrogen) atoms. The molecule has 1 aliphatic rings. The molecule has 2 aromatic rings. The third-order valence-corrected chi connectivity index (χ3v) is 4.68. The number of aromatic nitrogens is 2. The van der Waals surface area contributed by atoms with Gasteiger partial charge in [0.05, 0.1) is 0 Å². The van der Waals surface area contributed by atoms with Crippen LogP contribution in [0, 0.1) is 0 Å². The minimum Gasteiger partial charge on any atom is -0.378 e. The van der Waals surface area contributed by atoms with E-state index in [4.69, 9.17) is 0 Å². The molecule has 3 rings (SSSR count). The topological polar surface area (TPSA) is 70.2 Å². The van der Waals surface area contributed by atoms with E-state index in [1.54, 1.807) is 12.1 Å². The van der Waals surface area contributed by atoms with E-state index in [9.17, 15) is 4.79 Å². The van der Waals surface area contributed by atoms with Crippen molar-refractivity contribution in [3.63, 3.8) is 0 Å². The summed E-state index contributed by atoms with van der Waals surface area (Å²) in [6.07, 6.45) is 8.42. The summed E-state index contributed by atoms with van der Waals surface area (Å²) < 4.78 is 0. The van der Waals surface area contributed by atoms with E-state index in [0.717, 1.165) is 24.3 Å². The monoisotopic (exact) mass is 365 g/mol.